The minimum Gasteiger partial charge on any atom is -0.330 e. The first-order valence-corrected chi connectivity index (χ1v) is 5.26. The molecular weight excluding hydrogens is 234 g/mol. The summed E-state index contributed by atoms with van der Waals surface area (Å²) in [6.07, 6.45) is -4.13. The van der Waals surface area contributed by atoms with E-state index < -0.39 is 23.0 Å². The van der Waals surface area contributed by atoms with Crippen molar-refractivity contribution in [2.45, 2.75) is 31.9 Å². The van der Waals surface area contributed by atoms with Gasteiger partial charge in [0.1, 0.15) is 5.82 Å². The largest absolute Gasteiger partial charge is 0.419 e. The van der Waals surface area contributed by atoms with Gasteiger partial charge in [0.2, 0.25) is 0 Å². The summed E-state index contributed by atoms with van der Waals surface area (Å²) in [4.78, 5) is 0. The van der Waals surface area contributed by atoms with Gasteiger partial charge in [-0.25, -0.2) is 4.39 Å². The van der Waals surface area contributed by atoms with Gasteiger partial charge in [0.05, 0.1) is 5.56 Å². The van der Waals surface area contributed by atoms with Gasteiger partial charge in [-0.15, -0.1) is 0 Å². The molecule has 0 amide bonds. The van der Waals surface area contributed by atoms with Crippen molar-refractivity contribution in [1.29, 1.82) is 0 Å². The summed E-state index contributed by atoms with van der Waals surface area (Å²) in [5.41, 5.74) is 4.13. The van der Waals surface area contributed by atoms with Crippen LogP contribution in [0.4, 0.5) is 17.6 Å². The third-order valence-corrected chi connectivity index (χ3v) is 2.82. The third kappa shape index (κ3) is 3.19. The Labute approximate surface area is 97.6 Å². The highest BCUT2D eigenvalue weighted by Crippen LogP contribution is 2.35. The van der Waals surface area contributed by atoms with Gasteiger partial charge >= 0.3 is 6.18 Å². The average molecular weight is 249 g/mol. The van der Waals surface area contributed by atoms with E-state index in [9.17, 15) is 17.6 Å². The Bertz CT molecular complexity index is 396. The molecule has 1 aromatic rings. The Kier molecular flexibility index (Phi) is 3.81. The third-order valence-electron chi connectivity index (χ3n) is 2.82. The summed E-state index contributed by atoms with van der Waals surface area (Å²) in [7, 11) is 0. The highest BCUT2D eigenvalue weighted by molar-refractivity contribution is 5.32. The highest BCUT2D eigenvalue weighted by atomic mass is 19.4. The minimum atomic E-state index is -4.67. The maximum atomic E-state index is 13.1. The van der Waals surface area contributed by atoms with Gasteiger partial charge < -0.3 is 5.73 Å². The van der Waals surface area contributed by atoms with Crippen molar-refractivity contribution >= 4 is 0 Å². The summed E-state index contributed by atoms with van der Waals surface area (Å²) in [6.45, 7) is 3.94. The van der Waals surface area contributed by atoms with E-state index in [1.807, 2.05) is 0 Å². The predicted octanol–water partition coefficient (Wildman–Crippen LogP) is 3.47. The molecule has 0 atom stereocenters. The molecule has 0 aliphatic carbocycles. The zero-order valence-electron chi connectivity index (χ0n) is 9.74. The van der Waals surface area contributed by atoms with E-state index in [-0.39, 0.29) is 0 Å². The lowest BCUT2D eigenvalue weighted by Crippen LogP contribution is -2.22. The van der Waals surface area contributed by atoms with Gasteiger partial charge in [-0.3, -0.25) is 0 Å². The maximum absolute atomic E-state index is 13.1. The molecule has 17 heavy (non-hydrogen) atoms. The van der Waals surface area contributed by atoms with Crippen molar-refractivity contribution in [1.82, 2.24) is 0 Å². The molecule has 0 fully saturated rings. The lowest BCUT2D eigenvalue weighted by Gasteiger charge is -2.25. The van der Waals surface area contributed by atoms with Crippen molar-refractivity contribution in [3.63, 3.8) is 0 Å². The van der Waals surface area contributed by atoms with Crippen molar-refractivity contribution in [2.24, 2.45) is 5.73 Å². The number of benzene rings is 1. The zero-order valence-corrected chi connectivity index (χ0v) is 9.74. The SMILES string of the molecule is CC(C)(CCN)c1ccc(F)c(C(F)(F)F)c1. The van der Waals surface area contributed by atoms with Crippen LogP contribution >= 0.6 is 0 Å². The van der Waals surface area contributed by atoms with Crippen LogP contribution in [0, 0.1) is 5.82 Å². The number of hydrogen-bond donors (Lipinski definition) is 1. The van der Waals surface area contributed by atoms with Gasteiger partial charge in [-0.2, -0.15) is 13.2 Å². The van der Waals surface area contributed by atoms with Crippen molar-refractivity contribution < 1.29 is 17.6 Å². The van der Waals surface area contributed by atoms with Crippen molar-refractivity contribution in [3.8, 4) is 0 Å². The van der Waals surface area contributed by atoms with Crippen molar-refractivity contribution in [2.75, 3.05) is 6.54 Å². The molecule has 0 heterocycles. The molecule has 0 spiro atoms. The van der Waals surface area contributed by atoms with Gasteiger partial charge in [0.15, 0.2) is 0 Å². The van der Waals surface area contributed by atoms with E-state index in [1.165, 1.54) is 6.07 Å². The smallest absolute Gasteiger partial charge is 0.330 e. The summed E-state index contributed by atoms with van der Waals surface area (Å²) >= 11 is 0. The summed E-state index contributed by atoms with van der Waals surface area (Å²) in [5, 5.41) is 0. The van der Waals surface area contributed by atoms with E-state index in [2.05, 4.69) is 0 Å². The van der Waals surface area contributed by atoms with Gasteiger partial charge in [-0.05, 0) is 36.1 Å². The molecule has 1 aromatic carbocycles. The number of halogens is 4. The Morgan fingerprint density at radius 1 is 1.18 bits per heavy atom. The monoisotopic (exact) mass is 249 g/mol. The molecule has 2 N–H and O–H groups in total. The maximum Gasteiger partial charge on any atom is 0.419 e. The van der Waals surface area contributed by atoms with E-state index in [4.69, 9.17) is 5.73 Å². The second kappa shape index (κ2) is 4.64. The van der Waals surface area contributed by atoms with Crippen LogP contribution in [0.1, 0.15) is 31.4 Å². The topological polar surface area (TPSA) is 26.0 Å². The van der Waals surface area contributed by atoms with Gasteiger partial charge in [-0.1, -0.05) is 19.9 Å². The molecule has 0 saturated carbocycles. The molecule has 0 aliphatic heterocycles. The fourth-order valence-electron chi connectivity index (χ4n) is 1.67. The highest BCUT2D eigenvalue weighted by Gasteiger charge is 2.35. The Morgan fingerprint density at radius 2 is 1.76 bits per heavy atom. The Morgan fingerprint density at radius 3 is 2.24 bits per heavy atom. The van der Waals surface area contributed by atoms with Crippen LogP contribution in [0.15, 0.2) is 18.2 Å². The standard InChI is InChI=1S/C12H15F4N/c1-11(2,5-6-17)8-3-4-10(13)9(7-8)12(14,15)16/h3-4,7H,5-6,17H2,1-2H3. The quantitative estimate of drug-likeness (QED) is 0.815. The van der Waals surface area contributed by atoms with E-state index in [1.54, 1.807) is 13.8 Å². The van der Waals surface area contributed by atoms with Crippen LogP contribution in [0.3, 0.4) is 0 Å². The average Bonchev–Trinajstić information content (AvgIpc) is 2.15. The van der Waals surface area contributed by atoms with Gasteiger partial charge in [0, 0.05) is 0 Å². The van der Waals surface area contributed by atoms with E-state index in [0.717, 1.165) is 12.1 Å². The lowest BCUT2D eigenvalue weighted by molar-refractivity contribution is -0.140. The second-order valence-corrected chi connectivity index (χ2v) is 4.61. The van der Waals surface area contributed by atoms with Crippen LogP contribution in [0.5, 0.6) is 0 Å². The Balaban J connectivity index is 3.22. The molecule has 0 unspecified atom stereocenters. The minimum absolute atomic E-state index is 0.367. The molecule has 96 valence electrons. The number of rotatable bonds is 3. The molecule has 0 aliphatic rings. The number of hydrogen-bond acceptors (Lipinski definition) is 1. The number of alkyl halides is 3. The summed E-state index contributed by atoms with van der Waals surface area (Å²) < 4.78 is 50.7. The van der Waals surface area contributed by atoms with E-state index in [0.29, 0.717) is 18.5 Å². The first-order chi connectivity index (χ1) is 7.68. The molecular formula is C12H15F4N. The first kappa shape index (κ1) is 14.0. The lowest BCUT2D eigenvalue weighted by atomic mass is 9.81. The molecule has 0 bridgehead atoms. The normalized spacial score (nSPS) is 12.9. The molecule has 1 rings (SSSR count). The molecule has 0 radical (unpaired) electrons. The second-order valence-electron chi connectivity index (χ2n) is 4.61. The van der Waals surface area contributed by atoms with Crippen molar-refractivity contribution in [3.05, 3.63) is 35.1 Å². The fourth-order valence-corrected chi connectivity index (χ4v) is 1.67. The fraction of sp³-hybridized carbons (Fsp3) is 0.500. The predicted molar refractivity (Wildman–Crippen MR) is 58.1 cm³/mol. The van der Waals surface area contributed by atoms with Crippen LogP contribution in [-0.2, 0) is 11.6 Å². The molecule has 5 heteroatoms. The molecule has 0 saturated heterocycles. The summed E-state index contributed by atoms with van der Waals surface area (Å²) in [5.74, 6) is -1.25. The van der Waals surface area contributed by atoms with Crippen LogP contribution in [0.2, 0.25) is 0 Å². The zero-order chi connectivity index (χ0) is 13.3. The Hall–Kier alpha value is -1.10. The number of nitrogens with two attached hydrogens (primary N) is 1. The van der Waals surface area contributed by atoms with Crippen LogP contribution in [0.25, 0.3) is 0 Å². The van der Waals surface area contributed by atoms with Crippen LogP contribution < -0.4 is 5.73 Å². The van der Waals surface area contributed by atoms with Crippen LogP contribution in [-0.4, -0.2) is 6.54 Å². The van der Waals surface area contributed by atoms with Gasteiger partial charge in [0.25, 0.3) is 0 Å². The summed E-state index contributed by atoms with van der Waals surface area (Å²) in [6, 6.07) is 3.10. The first-order valence-electron chi connectivity index (χ1n) is 5.26. The van der Waals surface area contributed by atoms with E-state index >= 15 is 0 Å². The molecule has 0 aromatic heterocycles. The molecule has 1 nitrogen and oxygen atoms in total.